The average molecular weight is 590 g/mol. The van der Waals surface area contributed by atoms with Crippen molar-refractivity contribution in [2.24, 2.45) is 0 Å². The molecule has 2 heterocycles. The van der Waals surface area contributed by atoms with Crippen LogP contribution in [0.15, 0.2) is 127 Å². The van der Waals surface area contributed by atoms with Crippen molar-refractivity contribution >= 4 is 27.5 Å². The maximum Gasteiger partial charge on any atom is 0.277 e. The summed E-state index contributed by atoms with van der Waals surface area (Å²) < 4.78 is 2.09. The molecule has 0 saturated heterocycles. The third-order valence-corrected chi connectivity index (χ3v) is 8.34. The molecule has 0 aliphatic rings. The molecule has 0 aliphatic carbocycles. The van der Waals surface area contributed by atoms with Gasteiger partial charge in [-0.1, -0.05) is 87.5 Å². The zero-order valence-electron chi connectivity index (χ0n) is 25.2. The first-order chi connectivity index (χ1) is 21.7. The van der Waals surface area contributed by atoms with Crippen LogP contribution in [0.4, 0.5) is 5.69 Å². The molecule has 7 rings (SSSR count). The monoisotopic (exact) mass is 589 g/mol. The number of aromatic hydroxyl groups is 1. The van der Waals surface area contributed by atoms with Crippen LogP contribution in [0.25, 0.3) is 61.1 Å². The molecule has 1 N–H and O–H groups in total. The second-order valence-corrected chi connectivity index (χ2v) is 12.3. The van der Waals surface area contributed by atoms with Crippen LogP contribution in [-0.4, -0.2) is 19.6 Å². The molecule has 220 valence electrons. The molecule has 6 nitrogen and oxygen atoms in total. The fourth-order valence-electron chi connectivity index (χ4n) is 6.11. The first-order valence-corrected chi connectivity index (χ1v) is 14.9. The van der Waals surface area contributed by atoms with Crippen LogP contribution in [0, 0.1) is 10.1 Å². The Morgan fingerprint density at radius 2 is 1.33 bits per heavy atom. The van der Waals surface area contributed by atoms with Gasteiger partial charge in [0.1, 0.15) is 11.6 Å². The molecule has 0 atom stereocenters. The summed E-state index contributed by atoms with van der Waals surface area (Å²) >= 11 is 0. The molecule has 0 amide bonds. The highest BCUT2D eigenvalue weighted by Gasteiger charge is 2.21. The van der Waals surface area contributed by atoms with E-state index in [1.807, 2.05) is 66.7 Å². The molecule has 0 bridgehead atoms. The lowest BCUT2D eigenvalue weighted by atomic mass is 9.82. The number of phenols is 1. The summed E-state index contributed by atoms with van der Waals surface area (Å²) in [6.45, 7) is 6.54. The molecule has 0 aliphatic heterocycles. The fraction of sp³-hybridized carbons (Fsp3) is 0.103. The molecule has 2 aromatic heterocycles. The standard InChI is InChI=1S/C39H31N3O3/c1-39(2,3)27-22-25(29-11-4-5-12-30(29)31-13-7-9-17-36(31)42(44)45)21-26(23-27)34-15-10-18-38(40-34)41-35-16-8-6-14-32(35)33-20-19-28(43)24-37(33)41/h4-24,43H,1-3H3. The van der Waals surface area contributed by atoms with Gasteiger partial charge in [-0.15, -0.1) is 0 Å². The maximum atomic E-state index is 12.0. The lowest BCUT2D eigenvalue weighted by Crippen LogP contribution is -2.11. The van der Waals surface area contributed by atoms with Crippen molar-refractivity contribution in [1.29, 1.82) is 0 Å². The van der Waals surface area contributed by atoms with E-state index in [0.29, 0.717) is 5.56 Å². The van der Waals surface area contributed by atoms with E-state index < -0.39 is 0 Å². The Hall–Kier alpha value is -5.75. The van der Waals surface area contributed by atoms with Crippen LogP contribution in [-0.2, 0) is 5.41 Å². The fourth-order valence-corrected chi connectivity index (χ4v) is 6.11. The molecule has 0 saturated carbocycles. The summed E-state index contributed by atoms with van der Waals surface area (Å²) in [4.78, 5) is 16.8. The van der Waals surface area contributed by atoms with Crippen molar-refractivity contribution in [2.75, 3.05) is 0 Å². The van der Waals surface area contributed by atoms with E-state index in [-0.39, 0.29) is 21.8 Å². The zero-order valence-corrected chi connectivity index (χ0v) is 25.2. The predicted octanol–water partition coefficient (Wildman–Crippen LogP) is 10.1. The van der Waals surface area contributed by atoms with Gasteiger partial charge in [0.25, 0.3) is 5.69 Å². The number of para-hydroxylation sites is 2. The topological polar surface area (TPSA) is 81.2 Å². The number of hydrogen-bond donors (Lipinski definition) is 1. The van der Waals surface area contributed by atoms with Crippen LogP contribution in [0.5, 0.6) is 5.75 Å². The highest BCUT2D eigenvalue weighted by atomic mass is 16.6. The normalized spacial score (nSPS) is 11.7. The first-order valence-electron chi connectivity index (χ1n) is 14.9. The first kappa shape index (κ1) is 28.0. The number of nitrogens with zero attached hydrogens (tertiary/aromatic N) is 3. The van der Waals surface area contributed by atoms with E-state index in [4.69, 9.17) is 4.98 Å². The van der Waals surface area contributed by atoms with E-state index in [9.17, 15) is 15.2 Å². The van der Waals surface area contributed by atoms with Crippen molar-refractivity contribution in [3.63, 3.8) is 0 Å². The Balaban J connectivity index is 1.44. The average Bonchev–Trinajstić information content (AvgIpc) is 3.37. The summed E-state index contributed by atoms with van der Waals surface area (Å²) in [5, 5.41) is 24.5. The molecule has 6 heteroatoms. The Labute approximate surface area is 261 Å². The second-order valence-electron chi connectivity index (χ2n) is 12.3. The number of benzene rings is 5. The Kier molecular flexibility index (Phi) is 6.70. The molecule has 45 heavy (non-hydrogen) atoms. The van der Waals surface area contributed by atoms with Crippen molar-refractivity contribution in [3.8, 4) is 45.1 Å². The van der Waals surface area contributed by atoms with Crippen LogP contribution in [0.1, 0.15) is 26.3 Å². The number of phenolic OH excluding ortho intramolecular Hbond substituents is 1. The molecule has 7 aromatic rings. The summed E-state index contributed by atoms with van der Waals surface area (Å²) in [7, 11) is 0. The van der Waals surface area contributed by atoms with Crippen molar-refractivity contribution < 1.29 is 10.0 Å². The molecule has 0 radical (unpaired) electrons. The number of pyridine rings is 1. The summed E-state index contributed by atoms with van der Waals surface area (Å²) in [5.74, 6) is 0.940. The van der Waals surface area contributed by atoms with Gasteiger partial charge >= 0.3 is 0 Å². The number of nitro benzene ring substituents is 1. The molecular formula is C39H31N3O3. The van der Waals surface area contributed by atoms with Gasteiger partial charge in [-0.3, -0.25) is 14.7 Å². The number of hydrogen-bond acceptors (Lipinski definition) is 4. The van der Waals surface area contributed by atoms with Crippen molar-refractivity contribution in [1.82, 2.24) is 9.55 Å². The SMILES string of the molecule is CC(C)(C)c1cc(-c2cccc(-n3c4ccccc4c4ccc(O)cc43)n2)cc(-c2ccccc2-c2ccccc2[N+](=O)[O-])c1. The molecular weight excluding hydrogens is 558 g/mol. The summed E-state index contributed by atoms with van der Waals surface area (Å²) in [5.41, 5.74) is 7.91. The second kappa shape index (κ2) is 10.8. The minimum atomic E-state index is -0.326. The zero-order chi connectivity index (χ0) is 31.3. The Morgan fingerprint density at radius 1 is 0.667 bits per heavy atom. The summed E-state index contributed by atoms with van der Waals surface area (Å²) in [6.07, 6.45) is 0. The van der Waals surface area contributed by atoms with Crippen LogP contribution in [0.3, 0.4) is 0 Å². The molecule has 5 aromatic carbocycles. The third-order valence-electron chi connectivity index (χ3n) is 8.34. The quantitative estimate of drug-likeness (QED) is 0.160. The molecule has 0 fully saturated rings. The highest BCUT2D eigenvalue weighted by molar-refractivity contribution is 6.09. The number of rotatable bonds is 5. The van der Waals surface area contributed by atoms with Gasteiger partial charge in [0, 0.05) is 28.5 Å². The number of nitro groups is 1. The van der Waals surface area contributed by atoms with Gasteiger partial charge in [-0.25, -0.2) is 4.98 Å². The molecule has 0 spiro atoms. The van der Waals surface area contributed by atoms with Crippen molar-refractivity contribution in [3.05, 3.63) is 143 Å². The van der Waals surface area contributed by atoms with Gasteiger partial charge in [0.05, 0.1) is 27.2 Å². The summed E-state index contributed by atoms with van der Waals surface area (Å²) in [6, 6.07) is 40.8. The number of aromatic nitrogens is 2. The molecule has 0 unspecified atom stereocenters. The van der Waals surface area contributed by atoms with E-state index in [1.54, 1.807) is 30.3 Å². The van der Waals surface area contributed by atoms with Gasteiger partial charge in [-0.05, 0) is 76.2 Å². The van der Waals surface area contributed by atoms with Crippen LogP contribution < -0.4 is 0 Å². The van der Waals surface area contributed by atoms with Gasteiger partial charge in [0.2, 0.25) is 0 Å². The Bertz CT molecular complexity index is 2260. The van der Waals surface area contributed by atoms with Crippen molar-refractivity contribution in [2.45, 2.75) is 26.2 Å². The van der Waals surface area contributed by atoms with E-state index >= 15 is 0 Å². The minimum Gasteiger partial charge on any atom is -0.508 e. The Morgan fingerprint density at radius 3 is 2.11 bits per heavy atom. The van der Waals surface area contributed by atoms with E-state index in [0.717, 1.165) is 61.1 Å². The maximum absolute atomic E-state index is 12.0. The third kappa shape index (κ3) is 5.00. The highest BCUT2D eigenvalue weighted by Crippen LogP contribution is 2.40. The minimum absolute atomic E-state index is 0.0729. The lowest BCUT2D eigenvalue weighted by molar-refractivity contribution is -0.384. The van der Waals surface area contributed by atoms with Crippen LogP contribution >= 0.6 is 0 Å². The van der Waals surface area contributed by atoms with Gasteiger partial charge in [0.15, 0.2) is 0 Å². The van der Waals surface area contributed by atoms with Gasteiger partial charge < -0.3 is 5.11 Å². The van der Waals surface area contributed by atoms with E-state index in [2.05, 4.69) is 55.7 Å². The smallest absolute Gasteiger partial charge is 0.277 e. The number of fused-ring (bicyclic) bond motifs is 3. The largest absolute Gasteiger partial charge is 0.508 e. The predicted molar refractivity (Wildman–Crippen MR) is 182 cm³/mol. The van der Waals surface area contributed by atoms with E-state index in [1.165, 1.54) is 0 Å². The van der Waals surface area contributed by atoms with Crippen LogP contribution in [0.2, 0.25) is 0 Å². The van der Waals surface area contributed by atoms with Gasteiger partial charge in [-0.2, -0.15) is 0 Å². The lowest BCUT2D eigenvalue weighted by Gasteiger charge is -2.22.